The number of hydrogen-bond acceptors (Lipinski definition) is 4. The maximum Gasteiger partial charge on any atom is 0.401 e. The number of nitrogens with one attached hydrogen (secondary N) is 2. The lowest BCUT2D eigenvalue weighted by atomic mass is 10.2. The molecule has 6 nitrogen and oxygen atoms in total. The van der Waals surface area contributed by atoms with E-state index in [9.17, 15) is 13.2 Å². The highest BCUT2D eigenvalue weighted by Gasteiger charge is 2.34. The summed E-state index contributed by atoms with van der Waals surface area (Å²) in [5.74, 6) is 0.699. The first-order valence-corrected chi connectivity index (χ1v) is 9.48. The van der Waals surface area contributed by atoms with Gasteiger partial charge in [-0.3, -0.25) is 14.8 Å². The number of halogens is 3. The molecule has 2 atom stereocenters. The number of hydrogen-bond donors (Lipinski definition) is 2. The molecule has 2 aliphatic rings. The first-order valence-electron chi connectivity index (χ1n) is 9.48. The molecule has 2 aliphatic heterocycles. The Balaban J connectivity index is 1.83. The Morgan fingerprint density at radius 1 is 1.27 bits per heavy atom. The van der Waals surface area contributed by atoms with Crippen LogP contribution in [0.2, 0.25) is 0 Å². The van der Waals surface area contributed by atoms with Gasteiger partial charge in [0.25, 0.3) is 0 Å². The summed E-state index contributed by atoms with van der Waals surface area (Å²) in [6.45, 7) is 6.13. The van der Waals surface area contributed by atoms with E-state index in [4.69, 9.17) is 4.74 Å². The normalized spacial score (nSPS) is 25.8. The molecule has 2 N–H and O–H groups in total. The van der Waals surface area contributed by atoms with Gasteiger partial charge >= 0.3 is 6.18 Å². The Bertz CT molecular complexity index is 447. The van der Waals surface area contributed by atoms with Gasteiger partial charge in [0, 0.05) is 45.4 Å². The van der Waals surface area contributed by atoms with E-state index in [2.05, 4.69) is 20.5 Å². The molecule has 0 aromatic carbocycles. The molecular weight excluding hydrogens is 347 g/mol. The van der Waals surface area contributed by atoms with Crippen LogP contribution in [0.15, 0.2) is 4.99 Å². The van der Waals surface area contributed by atoms with E-state index < -0.39 is 12.7 Å². The average molecular weight is 379 g/mol. The Kier molecular flexibility index (Phi) is 8.43. The Morgan fingerprint density at radius 2 is 2.08 bits per heavy atom. The minimum absolute atomic E-state index is 0.00308. The number of rotatable bonds is 8. The number of nitrogens with zero attached hydrogens (tertiary/aromatic N) is 3. The maximum absolute atomic E-state index is 12.5. The highest BCUT2D eigenvalue weighted by Crippen LogP contribution is 2.20. The van der Waals surface area contributed by atoms with Gasteiger partial charge in [-0.15, -0.1) is 0 Å². The molecule has 152 valence electrons. The second-order valence-corrected chi connectivity index (χ2v) is 7.02. The van der Waals surface area contributed by atoms with Crippen LogP contribution in [0.5, 0.6) is 0 Å². The predicted molar refractivity (Wildman–Crippen MR) is 96.5 cm³/mol. The third kappa shape index (κ3) is 7.28. The van der Waals surface area contributed by atoms with Gasteiger partial charge in [-0.2, -0.15) is 13.2 Å². The van der Waals surface area contributed by atoms with Crippen LogP contribution < -0.4 is 10.6 Å². The van der Waals surface area contributed by atoms with E-state index >= 15 is 0 Å². The molecule has 0 spiro atoms. The predicted octanol–water partition coefficient (Wildman–Crippen LogP) is 1.29. The lowest BCUT2D eigenvalue weighted by molar-refractivity contribution is -0.143. The lowest BCUT2D eigenvalue weighted by Crippen LogP contribution is -2.46. The van der Waals surface area contributed by atoms with Crippen molar-refractivity contribution in [1.82, 2.24) is 20.4 Å². The van der Waals surface area contributed by atoms with Gasteiger partial charge in [0.15, 0.2) is 5.96 Å². The zero-order valence-corrected chi connectivity index (χ0v) is 15.8. The van der Waals surface area contributed by atoms with Crippen LogP contribution in [0, 0.1) is 0 Å². The van der Waals surface area contributed by atoms with Gasteiger partial charge in [-0.05, 0) is 32.7 Å². The van der Waals surface area contributed by atoms with Crippen molar-refractivity contribution in [2.24, 2.45) is 4.99 Å². The first kappa shape index (κ1) is 21.2. The van der Waals surface area contributed by atoms with E-state index in [1.807, 2.05) is 6.92 Å². The van der Waals surface area contributed by atoms with Crippen molar-refractivity contribution in [3.8, 4) is 0 Å². The fraction of sp³-hybridized carbons (Fsp3) is 0.941. The molecule has 9 heteroatoms. The minimum atomic E-state index is -4.14. The second kappa shape index (κ2) is 10.3. The minimum Gasteiger partial charge on any atom is -0.383 e. The number of alkyl halides is 3. The molecule has 0 amide bonds. The molecule has 26 heavy (non-hydrogen) atoms. The molecule has 2 saturated heterocycles. The third-order valence-electron chi connectivity index (χ3n) is 4.90. The van der Waals surface area contributed by atoms with Crippen molar-refractivity contribution in [2.45, 2.75) is 44.4 Å². The summed E-state index contributed by atoms with van der Waals surface area (Å²) in [7, 11) is 1.71. The van der Waals surface area contributed by atoms with Crippen molar-refractivity contribution in [2.75, 3.05) is 59.5 Å². The largest absolute Gasteiger partial charge is 0.401 e. The van der Waals surface area contributed by atoms with Gasteiger partial charge in [0.05, 0.1) is 19.7 Å². The molecule has 2 rings (SSSR count). The summed E-state index contributed by atoms with van der Waals surface area (Å²) in [5, 5.41) is 6.51. The molecule has 0 bridgehead atoms. The number of aliphatic imine (C=N–C) groups is 1. The highest BCUT2D eigenvalue weighted by atomic mass is 19.4. The SMILES string of the molecule is CCNC(=NCC1CCCN1CCOC)NC1CCN(CC(F)(F)F)C1. The molecule has 0 aliphatic carbocycles. The van der Waals surface area contributed by atoms with Crippen LogP contribution in [0.4, 0.5) is 13.2 Å². The van der Waals surface area contributed by atoms with Crippen molar-refractivity contribution >= 4 is 5.96 Å². The van der Waals surface area contributed by atoms with Gasteiger partial charge in [-0.25, -0.2) is 0 Å². The van der Waals surface area contributed by atoms with E-state index in [-0.39, 0.29) is 6.04 Å². The van der Waals surface area contributed by atoms with Crippen LogP contribution >= 0.6 is 0 Å². The Labute approximate surface area is 154 Å². The lowest BCUT2D eigenvalue weighted by Gasteiger charge is -2.24. The Morgan fingerprint density at radius 3 is 2.77 bits per heavy atom. The van der Waals surface area contributed by atoms with Crippen LogP contribution in [0.1, 0.15) is 26.2 Å². The van der Waals surface area contributed by atoms with Crippen LogP contribution in [-0.2, 0) is 4.74 Å². The Hall–Kier alpha value is -1.06. The molecule has 2 heterocycles. The summed E-state index contributed by atoms with van der Waals surface area (Å²) in [5.41, 5.74) is 0. The summed E-state index contributed by atoms with van der Waals surface area (Å²) in [4.78, 5) is 8.54. The van der Waals surface area contributed by atoms with E-state index in [0.29, 0.717) is 38.1 Å². The van der Waals surface area contributed by atoms with Gasteiger partial charge in [-0.1, -0.05) is 0 Å². The summed E-state index contributed by atoms with van der Waals surface area (Å²) in [6.07, 6.45) is -1.15. The highest BCUT2D eigenvalue weighted by molar-refractivity contribution is 5.80. The molecule has 2 fully saturated rings. The molecule has 0 radical (unpaired) electrons. The average Bonchev–Trinajstić information content (AvgIpc) is 3.18. The van der Waals surface area contributed by atoms with Crippen molar-refractivity contribution in [3.05, 3.63) is 0 Å². The van der Waals surface area contributed by atoms with Gasteiger partial charge in [0.2, 0.25) is 0 Å². The number of likely N-dealkylation sites (tertiary alicyclic amines) is 2. The summed E-state index contributed by atoms with van der Waals surface area (Å²) >= 11 is 0. The number of ether oxygens (including phenoxy) is 1. The van der Waals surface area contributed by atoms with E-state index in [1.54, 1.807) is 7.11 Å². The van der Waals surface area contributed by atoms with Crippen LogP contribution in [-0.4, -0.2) is 93.5 Å². The third-order valence-corrected chi connectivity index (χ3v) is 4.90. The fourth-order valence-corrected chi connectivity index (χ4v) is 3.66. The standard InChI is InChI=1S/C17H32F3N5O/c1-3-21-16(22-11-15-5-4-7-25(15)9-10-26-2)23-14-6-8-24(12-14)13-17(18,19)20/h14-15H,3-13H2,1-2H3,(H2,21,22,23). The molecule has 0 aromatic heterocycles. The van der Waals surface area contributed by atoms with Crippen molar-refractivity contribution in [3.63, 3.8) is 0 Å². The zero-order valence-electron chi connectivity index (χ0n) is 15.8. The summed E-state index contributed by atoms with van der Waals surface area (Å²) < 4.78 is 42.7. The van der Waals surface area contributed by atoms with E-state index in [0.717, 1.165) is 32.7 Å². The van der Waals surface area contributed by atoms with E-state index in [1.165, 1.54) is 11.3 Å². The molecule has 0 aromatic rings. The quantitative estimate of drug-likeness (QED) is 0.492. The first-order chi connectivity index (χ1) is 12.4. The second-order valence-electron chi connectivity index (χ2n) is 7.02. The van der Waals surface area contributed by atoms with Crippen LogP contribution in [0.25, 0.3) is 0 Å². The molecular formula is C17H32F3N5O. The van der Waals surface area contributed by atoms with Gasteiger partial charge in [0.1, 0.15) is 0 Å². The van der Waals surface area contributed by atoms with Gasteiger partial charge < -0.3 is 15.4 Å². The van der Waals surface area contributed by atoms with Crippen molar-refractivity contribution < 1.29 is 17.9 Å². The van der Waals surface area contributed by atoms with Crippen LogP contribution in [0.3, 0.4) is 0 Å². The maximum atomic E-state index is 12.5. The zero-order chi connectivity index (χ0) is 19.0. The number of methoxy groups -OCH3 is 1. The smallest absolute Gasteiger partial charge is 0.383 e. The number of guanidine groups is 1. The monoisotopic (exact) mass is 379 g/mol. The fourth-order valence-electron chi connectivity index (χ4n) is 3.66. The molecule has 0 saturated carbocycles. The van der Waals surface area contributed by atoms with Crippen molar-refractivity contribution in [1.29, 1.82) is 0 Å². The topological polar surface area (TPSA) is 52.1 Å². The summed E-state index contributed by atoms with van der Waals surface area (Å²) in [6, 6.07) is 0.411. The molecule has 2 unspecified atom stereocenters.